The number of benzene rings is 2. The van der Waals surface area contributed by atoms with E-state index in [1.54, 1.807) is 29.3 Å². The van der Waals surface area contributed by atoms with Crippen molar-refractivity contribution in [1.29, 1.82) is 0 Å². The van der Waals surface area contributed by atoms with E-state index >= 15 is 0 Å². The van der Waals surface area contributed by atoms with Gasteiger partial charge in [-0.15, -0.1) is 5.06 Å². The number of anilines is 1. The van der Waals surface area contributed by atoms with Crippen LogP contribution in [0, 0.1) is 5.82 Å². The fourth-order valence-corrected chi connectivity index (χ4v) is 3.88. The molecule has 0 aliphatic carbocycles. The molecule has 6 nitrogen and oxygen atoms in total. The fraction of sp³-hybridized carbons (Fsp3) is 0.417. The first kappa shape index (κ1) is 22.9. The van der Waals surface area contributed by atoms with Crippen LogP contribution in [-0.2, 0) is 27.2 Å². The molecular formula is C24H29FN2O4. The minimum atomic E-state index is -0.772. The highest BCUT2D eigenvalue weighted by atomic mass is 19.1. The van der Waals surface area contributed by atoms with Crippen LogP contribution in [0.3, 0.4) is 0 Å². The Morgan fingerprint density at radius 2 is 1.97 bits per heavy atom. The molecule has 0 radical (unpaired) electrons. The minimum absolute atomic E-state index is 0.181. The summed E-state index contributed by atoms with van der Waals surface area (Å²) >= 11 is 0. The Labute approximate surface area is 182 Å². The lowest BCUT2D eigenvalue weighted by Gasteiger charge is -2.31. The number of carbonyl (C=O) groups excluding carboxylic acids is 2. The molecule has 0 bridgehead atoms. The Bertz CT molecular complexity index is 946. The molecule has 166 valence electrons. The van der Waals surface area contributed by atoms with E-state index in [4.69, 9.17) is 9.57 Å². The lowest BCUT2D eigenvalue weighted by Crippen LogP contribution is -2.45. The third kappa shape index (κ3) is 5.48. The van der Waals surface area contributed by atoms with Crippen molar-refractivity contribution in [2.24, 2.45) is 0 Å². The van der Waals surface area contributed by atoms with Gasteiger partial charge >= 0.3 is 5.97 Å². The number of carbonyl (C=O) groups is 2. The van der Waals surface area contributed by atoms with Gasteiger partial charge in [-0.05, 0) is 68.5 Å². The second-order valence-electron chi connectivity index (χ2n) is 8.15. The monoisotopic (exact) mass is 428 g/mol. The molecule has 0 saturated carbocycles. The topological polar surface area (TPSA) is 67.9 Å². The van der Waals surface area contributed by atoms with Crippen molar-refractivity contribution >= 4 is 17.6 Å². The first-order valence-corrected chi connectivity index (χ1v) is 10.5. The first-order chi connectivity index (χ1) is 14.7. The molecule has 0 unspecified atom stereocenters. The molecule has 1 saturated heterocycles. The van der Waals surface area contributed by atoms with Crippen molar-refractivity contribution in [3.63, 3.8) is 0 Å². The second kappa shape index (κ2) is 9.58. The van der Waals surface area contributed by atoms with Crippen molar-refractivity contribution < 1.29 is 23.6 Å². The number of hydrogen-bond acceptors (Lipinski definition) is 5. The molecule has 1 heterocycles. The Kier molecular flexibility index (Phi) is 7.08. The lowest BCUT2D eigenvalue weighted by atomic mass is 9.97. The van der Waals surface area contributed by atoms with E-state index in [2.05, 4.69) is 5.32 Å². The van der Waals surface area contributed by atoms with Crippen LogP contribution in [0.4, 0.5) is 10.1 Å². The summed E-state index contributed by atoms with van der Waals surface area (Å²) in [6, 6.07) is 11.8. The summed E-state index contributed by atoms with van der Waals surface area (Å²) in [5.41, 5.74) is 1.58. The number of aryl methyl sites for hydroxylation is 1. The molecule has 0 aromatic heterocycles. The van der Waals surface area contributed by atoms with Gasteiger partial charge in [-0.2, -0.15) is 0 Å². The summed E-state index contributed by atoms with van der Waals surface area (Å²) in [5, 5.41) is 4.25. The number of ether oxygens (including phenoxy) is 1. The molecular weight excluding hydrogens is 399 g/mol. The maximum Gasteiger partial charge on any atom is 0.357 e. The molecule has 1 atom stereocenters. The van der Waals surface area contributed by atoms with E-state index in [9.17, 15) is 14.0 Å². The van der Waals surface area contributed by atoms with Gasteiger partial charge in [-0.1, -0.05) is 25.1 Å². The zero-order valence-electron chi connectivity index (χ0n) is 18.4. The van der Waals surface area contributed by atoms with Gasteiger partial charge in [0.15, 0.2) is 0 Å². The van der Waals surface area contributed by atoms with E-state index in [0.29, 0.717) is 42.7 Å². The van der Waals surface area contributed by atoms with Gasteiger partial charge in [0.05, 0.1) is 18.2 Å². The molecule has 3 rings (SSSR count). The largest absolute Gasteiger partial charge is 0.361 e. The first-order valence-electron chi connectivity index (χ1n) is 10.5. The SMILES string of the molecule is CCc1c(F)cc(NC(C)=O)cc1CC[C@H]1COC(C)(C)N1OC(=O)c1ccccc1. The van der Waals surface area contributed by atoms with Crippen LogP contribution in [0.15, 0.2) is 42.5 Å². The summed E-state index contributed by atoms with van der Waals surface area (Å²) in [5.74, 6) is -1.03. The Morgan fingerprint density at radius 3 is 2.61 bits per heavy atom. The van der Waals surface area contributed by atoms with Crippen molar-refractivity contribution in [2.45, 2.75) is 58.7 Å². The number of halogens is 1. The van der Waals surface area contributed by atoms with Crippen LogP contribution in [0.2, 0.25) is 0 Å². The molecule has 2 aromatic rings. The highest BCUT2D eigenvalue weighted by Gasteiger charge is 2.43. The molecule has 31 heavy (non-hydrogen) atoms. The number of hydroxylamine groups is 2. The number of amides is 1. The smallest absolute Gasteiger partial charge is 0.357 e. The molecule has 1 aliphatic rings. The normalized spacial score (nSPS) is 18.0. The molecule has 0 spiro atoms. The van der Waals surface area contributed by atoms with Crippen LogP contribution in [0.1, 0.15) is 55.6 Å². The highest BCUT2D eigenvalue weighted by molar-refractivity contribution is 5.89. The van der Waals surface area contributed by atoms with Crippen molar-refractivity contribution in [3.8, 4) is 0 Å². The third-order valence-corrected chi connectivity index (χ3v) is 5.39. The Hall–Kier alpha value is -2.77. The summed E-state index contributed by atoms with van der Waals surface area (Å²) < 4.78 is 20.4. The molecule has 2 aromatic carbocycles. The van der Waals surface area contributed by atoms with Crippen LogP contribution in [0.5, 0.6) is 0 Å². The van der Waals surface area contributed by atoms with E-state index in [-0.39, 0.29) is 17.8 Å². The summed E-state index contributed by atoms with van der Waals surface area (Å²) in [7, 11) is 0. The van der Waals surface area contributed by atoms with Gasteiger partial charge in [-0.3, -0.25) is 4.79 Å². The quantitative estimate of drug-likeness (QED) is 0.704. The average Bonchev–Trinajstić information content (AvgIpc) is 3.00. The predicted octanol–water partition coefficient (Wildman–Crippen LogP) is 4.49. The maximum absolute atomic E-state index is 14.6. The van der Waals surface area contributed by atoms with Gasteiger partial charge in [0.2, 0.25) is 5.91 Å². The number of hydrogen-bond donors (Lipinski definition) is 1. The average molecular weight is 429 g/mol. The number of nitrogens with one attached hydrogen (secondary N) is 1. The zero-order chi connectivity index (χ0) is 22.6. The van der Waals surface area contributed by atoms with Gasteiger partial charge < -0.3 is 14.9 Å². The van der Waals surface area contributed by atoms with E-state index < -0.39 is 11.7 Å². The standard InChI is InChI=1S/C24H29FN2O4/c1-5-21-18(13-19(14-22(21)25)26-16(2)28)11-12-20-15-30-24(3,4)27(20)31-23(29)17-9-7-6-8-10-17/h6-10,13-14,20H,5,11-12,15H2,1-4H3,(H,26,28)/t20-/m0/s1. The number of rotatable bonds is 7. The van der Waals surface area contributed by atoms with Crippen molar-refractivity contribution in [2.75, 3.05) is 11.9 Å². The third-order valence-electron chi connectivity index (χ3n) is 5.39. The highest BCUT2D eigenvalue weighted by Crippen LogP contribution is 2.31. The molecule has 7 heteroatoms. The maximum atomic E-state index is 14.6. The van der Waals surface area contributed by atoms with Gasteiger partial charge in [0.1, 0.15) is 11.5 Å². The summed E-state index contributed by atoms with van der Waals surface area (Å²) in [6.07, 6.45) is 1.69. The van der Waals surface area contributed by atoms with Crippen molar-refractivity contribution in [3.05, 3.63) is 65.0 Å². The van der Waals surface area contributed by atoms with Crippen LogP contribution in [0.25, 0.3) is 0 Å². The zero-order valence-corrected chi connectivity index (χ0v) is 18.4. The minimum Gasteiger partial charge on any atom is -0.361 e. The molecule has 1 fully saturated rings. The van der Waals surface area contributed by atoms with E-state index in [1.807, 2.05) is 32.9 Å². The Morgan fingerprint density at radius 1 is 1.26 bits per heavy atom. The number of nitrogens with zero attached hydrogens (tertiary/aromatic N) is 1. The Balaban J connectivity index is 1.76. The lowest BCUT2D eigenvalue weighted by molar-refractivity contribution is -0.219. The van der Waals surface area contributed by atoms with Crippen molar-refractivity contribution in [1.82, 2.24) is 5.06 Å². The summed E-state index contributed by atoms with van der Waals surface area (Å²) in [6.45, 7) is 7.38. The fourth-order valence-electron chi connectivity index (χ4n) is 3.88. The van der Waals surface area contributed by atoms with Gasteiger partial charge in [0.25, 0.3) is 0 Å². The van der Waals surface area contributed by atoms with E-state index in [0.717, 1.165) is 5.56 Å². The van der Waals surface area contributed by atoms with Crippen LogP contribution < -0.4 is 5.32 Å². The second-order valence-corrected chi connectivity index (χ2v) is 8.15. The molecule has 1 amide bonds. The summed E-state index contributed by atoms with van der Waals surface area (Å²) in [4.78, 5) is 29.7. The van der Waals surface area contributed by atoms with Gasteiger partial charge in [0, 0.05) is 12.6 Å². The predicted molar refractivity (Wildman–Crippen MR) is 116 cm³/mol. The van der Waals surface area contributed by atoms with E-state index in [1.165, 1.54) is 13.0 Å². The van der Waals surface area contributed by atoms with Crippen LogP contribution >= 0.6 is 0 Å². The van der Waals surface area contributed by atoms with Crippen LogP contribution in [-0.4, -0.2) is 35.3 Å². The molecule has 1 N–H and O–H groups in total. The molecule has 1 aliphatic heterocycles. The van der Waals surface area contributed by atoms with Gasteiger partial charge in [-0.25, -0.2) is 9.18 Å².